The Hall–Kier alpha value is -1.77. The van der Waals surface area contributed by atoms with Gasteiger partial charge < -0.3 is 10.4 Å². The highest BCUT2D eigenvalue weighted by Crippen LogP contribution is 2.19. The highest BCUT2D eigenvalue weighted by molar-refractivity contribution is 5.96. The number of carbonyl (C=O) groups is 1. The molecule has 0 spiro atoms. The number of amides is 1. The van der Waals surface area contributed by atoms with Crippen molar-refractivity contribution in [1.29, 1.82) is 0 Å². The number of hydrogen-bond acceptors (Lipinski definition) is 2. The third-order valence-electron chi connectivity index (χ3n) is 2.32. The zero-order chi connectivity index (χ0) is 12.1. The smallest absolute Gasteiger partial charge is 0.251 e. The molecule has 0 heterocycles. The van der Waals surface area contributed by atoms with Crippen LogP contribution in [0.15, 0.2) is 29.8 Å². The lowest BCUT2D eigenvalue weighted by Gasteiger charge is -2.07. The average Bonchev–Trinajstić information content (AvgIpc) is 2.21. The van der Waals surface area contributed by atoms with Crippen molar-refractivity contribution in [1.82, 2.24) is 5.32 Å². The molecule has 0 saturated heterocycles. The highest BCUT2D eigenvalue weighted by Gasteiger charge is 2.09. The van der Waals surface area contributed by atoms with E-state index in [2.05, 4.69) is 5.32 Å². The van der Waals surface area contributed by atoms with E-state index >= 15 is 0 Å². The van der Waals surface area contributed by atoms with E-state index in [0.29, 0.717) is 17.7 Å². The predicted octanol–water partition coefficient (Wildman–Crippen LogP) is 2.40. The van der Waals surface area contributed by atoms with Gasteiger partial charge in [-0.1, -0.05) is 17.7 Å². The summed E-state index contributed by atoms with van der Waals surface area (Å²) in [4.78, 5) is 11.7. The molecular formula is C13H17NO2. The molecule has 0 fully saturated rings. The van der Waals surface area contributed by atoms with Crippen molar-refractivity contribution < 1.29 is 9.90 Å². The van der Waals surface area contributed by atoms with Gasteiger partial charge in [0.1, 0.15) is 5.75 Å². The Balaban J connectivity index is 2.74. The molecule has 86 valence electrons. The second-order valence-corrected chi connectivity index (χ2v) is 3.94. The van der Waals surface area contributed by atoms with Gasteiger partial charge in [0.2, 0.25) is 0 Å². The fourth-order valence-electron chi connectivity index (χ4n) is 1.31. The summed E-state index contributed by atoms with van der Waals surface area (Å²) in [5.74, 6) is -0.0132. The van der Waals surface area contributed by atoms with Crippen molar-refractivity contribution in [3.05, 3.63) is 41.0 Å². The van der Waals surface area contributed by atoms with Crippen LogP contribution in [0.4, 0.5) is 0 Å². The molecule has 3 heteroatoms. The topological polar surface area (TPSA) is 49.3 Å². The predicted molar refractivity (Wildman–Crippen MR) is 64.6 cm³/mol. The number of hydrogen-bond donors (Lipinski definition) is 2. The summed E-state index contributed by atoms with van der Waals surface area (Å²) in [6, 6.07) is 4.94. The SMILES string of the molecule is CC(C)=CCNC(=O)c1cccc(O)c1C. The van der Waals surface area contributed by atoms with Gasteiger partial charge in [-0.15, -0.1) is 0 Å². The molecule has 3 nitrogen and oxygen atoms in total. The normalized spacial score (nSPS) is 9.69. The van der Waals surface area contributed by atoms with Gasteiger partial charge >= 0.3 is 0 Å². The van der Waals surface area contributed by atoms with Gasteiger partial charge in [-0.25, -0.2) is 0 Å². The van der Waals surface area contributed by atoms with Gasteiger partial charge in [0, 0.05) is 17.7 Å². The Morgan fingerprint density at radius 3 is 2.75 bits per heavy atom. The van der Waals surface area contributed by atoms with Crippen LogP contribution < -0.4 is 5.32 Å². The first-order chi connectivity index (χ1) is 7.52. The van der Waals surface area contributed by atoms with E-state index in [1.165, 1.54) is 0 Å². The number of aromatic hydroxyl groups is 1. The van der Waals surface area contributed by atoms with E-state index in [0.717, 1.165) is 5.57 Å². The van der Waals surface area contributed by atoms with Crippen LogP contribution in [0.5, 0.6) is 5.75 Å². The first kappa shape index (κ1) is 12.3. The minimum atomic E-state index is -0.161. The largest absolute Gasteiger partial charge is 0.508 e. The molecule has 0 aliphatic heterocycles. The lowest BCUT2D eigenvalue weighted by atomic mass is 10.1. The standard InChI is InChI=1S/C13H17NO2/c1-9(2)7-8-14-13(16)11-5-4-6-12(15)10(11)3/h4-7,15H,8H2,1-3H3,(H,14,16). The van der Waals surface area contributed by atoms with E-state index in [1.54, 1.807) is 25.1 Å². The van der Waals surface area contributed by atoms with Crippen molar-refractivity contribution in [3.63, 3.8) is 0 Å². The van der Waals surface area contributed by atoms with Crippen molar-refractivity contribution in [2.75, 3.05) is 6.54 Å². The summed E-state index contributed by atoms with van der Waals surface area (Å²) in [5, 5.41) is 12.2. The Labute approximate surface area is 95.8 Å². The van der Waals surface area contributed by atoms with E-state index in [9.17, 15) is 9.90 Å². The zero-order valence-electron chi connectivity index (χ0n) is 9.87. The van der Waals surface area contributed by atoms with E-state index in [-0.39, 0.29) is 11.7 Å². The molecule has 0 aliphatic carbocycles. The second kappa shape index (κ2) is 5.35. The molecule has 1 aromatic carbocycles. The van der Waals surface area contributed by atoms with Gasteiger partial charge in [0.05, 0.1) is 0 Å². The van der Waals surface area contributed by atoms with Gasteiger partial charge in [-0.3, -0.25) is 4.79 Å². The van der Waals surface area contributed by atoms with Gasteiger partial charge in [-0.2, -0.15) is 0 Å². The summed E-state index contributed by atoms with van der Waals surface area (Å²) < 4.78 is 0. The van der Waals surface area contributed by atoms with E-state index in [1.807, 2.05) is 19.9 Å². The van der Waals surface area contributed by atoms with Crippen molar-refractivity contribution in [3.8, 4) is 5.75 Å². The number of carbonyl (C=O) groups excluding carboxylic acids is 1. The maximum Gasteiger partial charge on any atom is 0.251 e. The quantitative estimate of drug-likeness (QED) is 0.767. The molecule has 0 bridgehead atoms. The lowest BCUT2D eigenvalue weighted by Crippen LogP contribution is -2.24. The lowest BCUT2D eigenvalue weighted by molar-refractivity contribution is 0.0957. The Morgan fingerprint density at radius 2 is 2.12 bits per heavy atom. The Bertz CT molecular complexity index is 418. The third-order valence-corrected chi connectivity index (χ3v) is 2.32. The first-order valence-corrected chi connectivity index (χ1v) is 5.22. The molecule has 0 saturated carbocycles. The summed E-state index contributed by atoms with van der Waals surface area (Å²) in [5.41, 5.74) is 2.28. The molecule has 1 aromatic rings. The van der Waals surface area contributed by atoms with Gasteiger partial charge in [0.25, 0.3) is 5.91 Å². The van der Waals surface area contributed by atoms with Crippen LogP contribution in [-0.2, 0) is 0 Å². The molecule has 16 heavy (non-hydrogen) atoms. The van der Waals surface area contributed by atoms with E-state index in [4.69, 9.17) is 0 Å². The highest BCUT2D eigenvalue weighted by atomic mass is 16.3. The number of benzene rings is 1. The molecule has 2 N–H and O–H groups in total. The zero-order valence-corrected chi connectivity index (χ0v) is 9.87. The summed E-state index contributed by atoms with van der Waals surface area (Å²) in [6.45, 7) is 6.19. The van der Waals surface area contributed by atoms with Crippen LogP contribution in [-0.4, -0.2) is 17.6 Å². The number of rotatable bonds is 3. The molecule has 0 unspecified atom stereocenters. The fraction of sp³-hybridized carbons (Fsp3) is 0.308. The molecular weight excluding hydrogens is 202 g/mol. The Kier molecular flexibility index (Phi) is 4.11. The Morgan fingerprint density at radius 1 is 1.44 bits per heavy atom. The number of allylic oxidation sites excluding steroid dienone is 1. The van der Waals surface area contributed by atoms with Crippen LogP contribution in [0, 0.1) is 6.92 Å². The summed E-state index contributed by atoms with van der Waals surface area (Å²) >= 11 is 0. The molecule has 1 rings (SSSR count). The van der Waals surface area contributed by atoms with Crippen molar-refractivity contribution in [2.45, 2.75) is 20.8 Å². The minimum Gasteiger partial charge on any atom is -0.508 e. The maximum atomic E-state index is 11.7. The van der Waals surface area contributed by atoms with Crippen LogP contribution in [0.2, 0.25) is 0 Å². The first-order valence-electron chi connectivity index (χ1n) is 5.22. The molecule has 0 aliphatic rings. The maximum absolute atomic E-state index is 11.7. The summed E-state index contributed by atoms with van der Waals surface area (Å²) in [6.07, 6.45) is 1.94. The second-order valence-electron chi connectivity index (χ2n) is 3.94. The molecule has 0 atom stereocenters. The van der Waals surface area contributed by atoms with Crippen LogP contribution in [0.25, 0.3) is 0 Å². The van der Waals surface area contributed by atoms with Crippen molar-refractivity contribution >= 4 is 5.91 Å². The van der Waals surface area contributed by atoms with Crippen LogP contribution in [0.1, 0.15) is 29.8 Å². The molecule has 1 amide bonds. The monoisotopic (exact) mass is 219 g/mol. The van der Waals surface area contributed by atoms with Crippen LogP contribution >= 0.6 is 0 Å². The van der Waals surface area contributed by atoms with Gasteiger partial charge in [0.15, 0.2) is 0 Å². The van der Waals surface area contributed by atoms with Crippen LogP contribution in [0.3, 0.4) is 0 Å². The third kappa shape index (κ3) is 3.12. The van der Waals surface area contributed by atoms with Crippen molar-refractivity contribution in [2.24, 2.45) is 0 Å². The fourth-order valence-corrected chi connectivity index (χ4v) is 1.31. The number of nitrogens with one attached hydrogen (secondary N) is 1. The minimum absolute atomic E-state index is 0.148. The average molecular weight is 219 g/mol. The number of phenolic OH excluding ortho intramolecular Hbond substituents is 1. The molecule has 0 aromatic heterocycles. The number of phenols is 1. The summed E-state index contributed by atoms with van der Waals surface area (Å²) in [7, 11) is 0. The van der Waals surface area contributed by atoms with Gasteiger partial charge in [-0.05, 0) is 32.9 Å². The van der Waals surface area contributed by atoms with E-state index < -0.39 is 0 Å². The molecule has 0 radical (unpaired) electrons.